The van der Waals surface area contributed by atoms with Crippen LogP contribution in [0, 0.1) is 0 Å². The number of amides is 1. The number of carbonyl (C=O) groups is 1. The minimum Gasteiger partial charge on any atom is -0.379 e. The molecule has 22 heavy (non-hydrogen) atoms. The highest BCUT2D eigenvalue weighted by atomic mass is 16.1. The van der Waals surface area contributed by atoms with Crippen molar-refractivity contribution in [3.63, 3.8) is 0 Å². The molecule has 2 aromatic carbocycles. The number of benzene rings is 2. The van der Waals surface area contributed by atoms with E-state index >= 15 is 0 Å². The Hall–Kier alpha value is -2.55. The number of anilines is 1. The van der Waals surface area contributed by atoms with Gasteiger partial charge in [-0.3, -0.25) is 4.79 Å². The van der Waals surface area contributed by atoms with Gasteiger partial charge in [-0.1, -0.05) is 42.5 Å². The molecule has 2 aromatic rings. The standard InChI is InChI=1S/C19H20N2O/c1-19(2)13-14-8-6-7-11-16(14)17(21-19)12-18(22)20-15-9-4-3-5-10-15/h3-12,21H,13H2,1-2H3,(H,20,22). The van der Waals surface area contributed by atoms with E-state index in [-0.39, 0.29) is 11.4 Å². The second kappa shape index (κ2) is 5.68. The van der Waals surface area contributed by atoms with Crippen LogP contribution in [0.15, 0.2) is 60.7 Å². The van der Waals surface area contributed by atoms with E-state index in [1.54, 1.807) is 6.08 Å². The molecule has 0 atom stereocenters. The van der Waals surface area contributed by atoms with Crippen molar-refractivity contribution in [2.75, 3.05) is 5.32 Å². The first-order valence-electron chi connectivity index (χ1n) is 7.48. The Morgan fingerprint density at radius 2 is 1.77 bits per heavy atom. The van der Waals surface area contributed by atoms with Crippen LogP contribution in [-0.2, 0) is 11.2 Å². The number of nitrogens with one attached hydrogen (secondary N) is 2. The van der Waals surface area contributed by atoms with Crippen molar-refractivity contribution in [3.8, 4) is 0 Å². The van der Waals surface area contributed by atoms with Crippen LogP contribution >= 0.6 is 0 Å². The number of rotatable bonds is 2. The molecule has 112 valence electrons. The van der Waals surface area contributed by atoms with E-state index in [0.29, 0.717) is 0 Å². The summed E-state index contributed by atoms with van der Waals surface area (Å²) in [6.07, 6.45) is 2.59. The minimum absolute atomic E-state index is 0.0623. The molecule has 0 fully saturated rings. The lowest BCUT2D eigenvalue weighted by Crippen LogP contribution is -2.44. The van der Waals surface area contributed by atoms with Gasteiger partial charge in [0.15, 0.2) is 0 Å². The van der Waals surface area contributed by atoms with Gasteiger partial charge in [-0.25, -0.2) is 0 Å². The van der Waals surface area contributed by atoms with Gasteiger partial charge in [-0.15, -0.1) is 0 Å². The first-order chi connectivity index (χ1) is 10.5. The van der Waals surface area contributed by atoms with Crippen molar-refractivity contribution in [2.24, 2.45) is 0 Å². The van der Waals surface area contributed by atoms with Crippen molar-refractivity contribution in [1.82, 2.24) is 5.32 Å². The SMILES string of the molecule is CC1(C)Cc2ccccc2C(=CC(=O)Nc2ccccc2)N1. The molecule has 1 aliphatic heterocycles. The van der Waals surface area contributed by atoms with Gasteiger partial charge in [0.2, 0.25) is 5.91 Å². The molecular weight excluding hydrogens is 272 g/mol. The maximum absolute atomic E-state index is 12.3. The van der Waals surface area contributed by atoms with Crippen molar-refractivity contribution >= 4 is 17.3 Å². The average molecular weight is 292 g/mol. The average Bonchev–Trinajstić information content (AvgIpc) is 2.47. The monoisotopic (exact) mass is 292 g/mol. The third-order valence-electron chi connectivity index (χ3n) is 3.73. The molecule has 2 N–H and O–H groups in total. The number of hydrogen-bond donors (Lipinski definition) is 2. The molecule has 0 radical (unpaired) electrons. The summed E-state index contributed by atoms with van der Waals surface area (Å²) in [4.78, 5) is 12.3. The summed E-state index contributed by atoms with van der Waals surface area (Å²) < 4.78 is 0. The molecule has 1 heterocycles. The van der Waals surface area contributed by atoms with E-state index in [2.05, 4.69) is 36.6 Å². The fourth-order valence-electron chi connectivity index (χ4n) is 2.83. The van der Waals surface area contributed by atoms with Gasteiger partial charge in [0.1, 0.15) is 0 Å². The van der Waals surface area contributed by atoms with Crippen LogP contribution in [0.5, 0.6) is 0 Å². The molecule has 0 spiro atoms. The van der Waals surface area contributed by atoms with E-state index in [1.807, 2.05) is 42.5 Å². The zero-order valence-electron chi connectivity index (χ0n) is 12.9. The van der Waals surface area contributed by atoms with Crippen molar-refractivity contribution in [1.29, 1.82) is 0 Å². The van der Waals surface area contributed by atoms with Crippen LogP contribution in [0.1, 0.15) is 25.0 Å². The van der Waals surface area contributed by atoms with Crippen molar-refractivity contribution in [3.05, 3.63) is 71.8 Å². The summed E-state index contributed by atoms with van der Waals surface area (Å²) >= 11 is 0. The van der Waals surface area contributed by atoms with Gasteiger partial charge in [-0.2, -0.15) is 0 Å². The number of fused-ring (bicyclic) bond motifs is 1. The molecule has 0 aliphatic carbocycles. The molecule has 3 rings (SSSR count). The molecule has 1 aliphatic rings. The minimum atomic E-state index is -0.124. The largest absolute Gasteiger partial charge is 0.379 e. The van der Waals surface area contributed by atoms with Crippen LogP contribution in [0.2, 0.25) is 0 Å². The Kier molecular flexibility index (Phi) is 3.72. The van der Waals surface area contributed by atoms with Crippen LogP contribution in [0.4, 0.5) is 5.69 Å². The van der Waals surface area contributed by atoms with Crippen LogP contribution < -0.4 is 10.6 Å². The topological polar surface area (TPSA) is 41.1 Å². The Morgan fingerprint density at radius 1 is 1.09 bits per heavy atom. The lowest BCUT2D eigenvalue weighted by molar-refractivity contribution is -0.111. The number of para-hydroxylation sites is 1. The molecule has 1 amide bonds. The van der Waals surface area contributed by atoms with Crippen LogP contribution in [-0.4, -0.2) is 11.4 Å². The molecule has 0 saturated heterocycles. The quantitative estimate of drug-likeness (QED) is 0.831. The van der Waals surface area contributed by atoms with Gasteiger partial charge in [0.05, 0.1) is 0 Å². The van der Waals surface area contributed by atoms with Crippen LogP contribution in [0.25, 0.3) is 5.70 Å². The number of carbonyl (C=O) groups excluding carboxylic acids is 1. The maximum atomic E-state index is 12.3. The highest BCUT2D eigenvalue weighted by molar-refractivity contribution is 6.04. The Morgan fingerprint density at radius 3 is 2.55 bits per heavy atom. The summed E-state index contributed by atoms with van der Waals surface area (Å²) in [7, 11) is 0. The second-order valence-electron chi connectivity index (χ2n) is 6.26. The predicted octanol–water partition coefficient (Wildman–Crippen LogP) is 3.59. The zero-order chi connectivity index (χ0) is 15.6. The predicted molar refractivity (Wildman–Crippen MR) is 90.4 cm³/mol. The third-order valence-corrected chi connectivity index (χ3v) is 3.73. The van der Waals surface area contributed by atoms with E-state index in [0.717, 1.165) is 23.4 Å². The molecule has 3 heteroatoms. The fraction of sp³-hybridized carbons (Fsp3) is 0.211. The van der Waals surface area contributed by atoms with E-state index < -0.39 is 0 Å². The summed E-state index contributed by atoms with van der Waals surface area (Å²) in [6.45, 7) is 4.29. The Balaban J connectivity index is 1.88. The highest BCUT2D eigenvalue weighted by Crippen LogP contribution is 2.29. The van der Waals surface area contributed by atoms with Crippen LogP contribution in [0.3, 0.4) is 0 Å². The zero-order valence-corrected chi connectivity index (χ0v) is 12.9. The first-order valence-corrected chi connectivity index (χ1v) is 7.48. The lowest BCUT2D eigenvalue weighted by atomic mass is 9.86. The smallest absolute Gasteiger partial charge is 0.250 e. The Bertz CT molecular complexity index is 717. The van der Waals surface area contributed by atoms with Crippen molar-refractivity contribution < 1.29 is 4.79 Å². The summed E-state index contributed by atoms with van der Waals surface area (Å²) in [5.74, 6) is -0.124. The maximum Gasteiger partial charge on any atom is 0.250 e. The molecule has 0 unspecified atom stereocenters. The van der Waals surface area contributed by atoms with Gasteiger partial charge < -0.3 is 10.6 Å². The number of hydrogen-bond acceptors (Lipinski definition) is 2. The summed E-state index contributed by atoms with van der Waals surface area (Å²) in [6, 6.07) is 17.7. The summed E-state index contributed by atoms with van der Waals surface area (Å²) in [5, 5.41) is 6.36. The third kappa shape index (κ3) is 3.19. The Labute approximate surface area is 131 Å². The molecule has 3 nitrogen and oxygen atoms in total. The summed E-state index contributed by atoms with van der Waals surface area (Å²) in [5.41, 5.74) is 3.98. The fourth-order valence-corrected chi connectivity index (χ4v) is 2.83. The normalized spacial score (nSPS) is 17.5. The molecule has 0 saturated carbocycles. The van der Waals surface area contributed by atoms with E-state index in [9.17, 15) is 4.79 Å². The van der Waals surface area contributed by atoms with Gasteiger partial charge in [0, 0.05) is 28.6 Å². The van der Waals surface area contributed by atoms with E-state index in [4.69, 9.17) is 0 Å². The van der Waals surface area contributed by atoms with E-state index in [1.165, 1.54) is 5.56 Å². The van der Waals surface area contributed by atoms with Crippen molar-refractivity contribution in [2.45, 2.75) is 25.8 Å². The lowest BCUT2D eigenvalue weighted by Gasteiger charge is -2.35. The molecule has 0 aromatic heterocycles. The van der Waals surface area contributed by atoms with Gasteiger partial charge in [0.25, 0.3) is 0 Å². The second-order valence-corrected chi connectivity index (χ2v) is 6.26. The van der Waals surface area contributed by atoms with Gasteiger partial charge in [-0.05, 0) is 38.0 Å². The highest BCUT2D eigenvalue weighted by Gasteiger charge is 2.27. The molecular formula is C19H20N2O. The van der Waals surface area contributed by atoms with Gasteiger partial charge >= 0.3 is 0 Å². The first kappa shape index (κ1) is 14.4. The molecule has 0 bridgehead atoms.